The van der Waals surface area contributed by atoms with Crippen LogP contribution in [-0.2, 0) is 6.42 Å². The number of rotatable bonds is 8. The summed E-state index contributed by atoms with van der Waals surface area (Å²) in [5.41, 5.74) is 0.349. The van der Waals surface area contributed by atoms with E-state index in [1.165, 1.54) is 6.07 Å². The van der Waals surface area contributed by atoms with Gasteiger partial charge in [0, 0.05) is 30.0 Å². The van der Waals surface area contributed by atoms with Crippen molar-refractivity contribution in [2.24, 2.45) is 5.92 Å². The van der Waals surface area contributed by atoms with E-state index in [9.17, 15) is 9.59 Å². The first-order valence-electron chi connectivity index (χ1n) is 9.00. The molecule has 0 aliphatic heterocycles. The van der Waals surface area contributed by atoms with Crippen molar-refractivity contribution in [2.75, 3.05) is 12.9 Å². The van der Waals surface area contributed by atoms with Gasteiger partial charge in [0.1, 0.15) is 11.6 Å². The van der Waals surface area contributed by atoms with Gasteiger partial charge in [0.25, 0.3) is 5.56 Å². The molecule has 28 heavy (non-hydrogen) atoms. The number of benzene rings is 1. The van der Waals surface area contributed by atoms with Gasteiger partial charge in [0.05, 0.1) is 12.8 Å². The van der Waals surface area contributed by atoms with E-state index in [4.69, 9.17) is 4.74 Å². The van der Waals surface area contributed by atoms with E-state index in [-0.39, 0.29) is 6.42 Å². The summed E-state index contributed by atoms with van der Waals surface area (Å²) in [5, 5.41) is 9.42. The number of hydrogen-bond donors (Lipinski definition) is 2. The van der Waals surface area contributed by atoms with E-state index >= 15 is 0 Å². The van der Waals surface area contributed by atoms with Crippen molar-refractivity contribution in [1.82, 2.24) is 24.7 Å². The van der Waals surface area contributed by atoms with E-state index < -0.39 is 11.2 Å². The molecule has 0 aliphatic rings. The van der Waals surface area contributed by atoms with Crippen molar-refractivity contribution in [3.63, 3.8) is 0 Å². The zero-order valence-electron chi connectivity index (χ0n) is 16.1. The number of hydrogen-bond acceptors (Lipinski definition) is 6. The average molecular weight is 401 g/mol. The maximum atomic E-state index is 11.6. The lowest BCUT2D eigenvalue weighted by molar-refractivity contribution is 0.414. The summed E-state index contributed by atoms with van der Waals surface area (Å²) in [7, 11) is 1.62. The monoisotopic (exact) mass is 401 g/mol. The molecular weight excluding hydrogens is 378 g/mol. The Morgan fingerprint density at radius 3 is 2.71 bits per heavy atom. The van der Waals surface area contributed by atoms with E-state index in [2.05, 4.69) is 34.0 Å². The van der Waals surface area contributed by atoms with Crippen LogP contribution in [0.2, 0.25) is 0 Å². The first-order valence-corrected chi connectivity index (χ1v) is 9.99. The molecule has 2 heterocycles. The molecule has 1 aromatic carbocycles. The van der Waals surface area contributed by atoms with Crippen LogP contribution in [-0.4, -0.2) is 37.6 Å². The zero-order chi connectivity index (χ0) is 20.1. The molecule has 0 fully saturated rings. The first-order chi connectivity index (χ1) is 13.5. The second kappa shape index (κ2) is 8.92. The number of methoxy groups -OCH3 is 1. The maximum Gasteiger partial charge on any atom is 0.325 e. The average Bonchev–Trinajstić information content (AvgIpc) is 3.03. The second-order valence-electron chi connectivity index (χ2n) is 6.76. The largest absolute Gasteiger partial charge is 0.497 e. The Morgan fingerprint density at radius 2 is 2.00 bits per heavy atom. The third-order valence-corrected chi connectivity index (χ3v) is 5.07. The van der Waals surface area contributed by atoms with Gasteiger partial charge in [-0.15, -0.1) is 10.2 Å². The van der Waals surface area contributed by atoms with Crippen molar-refractivity contribution in [3.8, 4) is 11.4 Å². The summed E-state index contributed by atoms with van der Waals surface area (Å²) in [6, 6.07) is 8.98. The fourth-order valence-corrected chi connectivity index (χ4v) is 3.90. The molecule has 3 rings (SSSR count). The van der Waals surface area contributed by atoms with Gasteiger partial charge in [0.2, 0.25) is 0 Å². The first kappa shape index (κ1) is 19.9. The summed E-state index contributed by atoms with van der Waals surface area (Å²) in [6.45, 7) is 4.37. The molecule has 0 atom stereocenters. The highest BCUT2D eigenvalue weighted by Gasteiger charge is 2.16. The number of H-pyrrole nitrogens is 2. The Labute approximate surface area is 166 Å². The molecule has 0 radical (unpaired) electrons. The van der Waals surface area contributed by atoms with Crippen molar-refractivity contribution in [2.45, 2.75) is 31.8 Å². The topological polar surface area (TPSA) is 106 Å². The Bertz CT molecular complexity index is 1030. The van der Waals surface area contributed by atoms with Crippen molar-refractivity contribution in [3.05, 3.63) is 62.7 Å². The molecule has 0 aliphatic carbocycles. The molecule has 2 aromatic heterocycles. The van der Waals surface area contributed by atoms with Gasteiger partial charge in [-0.05, 0) is 24.5 Å². The van der Waals surface area contributed by atoms with Gasteiger partial charge in [-0.3, -0.25) is 14.3 Å². The van der Waals surface area contributed by atoms with Gasteiger partial charge >= 0.3 is 5.69 Å². The third kappa shape index (κ3) is 4.92. The molecule has 148 valence electrons. The number of aromatic nitrogens is 5. The van der Waals surface area contributed by atoms with Crippen molar-refractivity contribution >= 4 is 11.8 Å². The minimum Gasteiger partial charge on any atom is -0.497 e. The lowest BCUT2D eigenvalue weighted by Gasteiger charge is -2.12. The standard InChI is InChI=1S/C19H23N5O3S/c1-12(2)7-8-28-19-23-22-16(9-13-10-17(25)21-18(26)20-13)24(19)14-5-4-6-15(11-14)27-3/h4-6,10-12H,7-9H2,1-3H3,(H2,20,21,25,26). The quantitative estimate of drug-likeness (QED) is 0.562. The van der Waals surface area contributed by atoms with Crippen LogP contribution in [0.15, 0.2) is 45.1 Å². The predicted molar refractivity (Wildman–Crippen MR) is 109 cm³/mol. The van der Waals surface area contributed by atoms with Crippen LogP contribution in [0.1, 0.15) is 31.8 Å². The summed E-state index contributed by atoms with van der Waals surface area (Å²) in [5.74, 6) is 2.87. The van der Waals surface area contributed by atoms with Crippen LogP contribution in [0.4, 0.5) is 0 Å². The van der Waals surface area contributed by atoms with Crippen LogP contribution >= 0.6 is 11.8 Å². The normalized spacial score (nSPS) is 11.1. The number of ether oxygens (including phenoxy) is 1. The van der Waals surface area contributed by atoms with Crippen LogP contribution in [0, 0.1) is 5.92 Å². The summed E-state index contributed by atoms with van der Waals surface area (Å²) in [6.07, 6.45) is 1.33. The van der Waals surface area contributed by atoms with E-state index in [0.717, 1.165) is 28.8 Å². The lowest BCUT2D eigenvalue weighted by Crippen LogP contribution is -2.23. The third-order valence-electron chi connectivity index (χ3n) is 4.10. The van der Waals surface area contributed by atoms with Gasteiger partial charge in [-0.25, -0.2) is 4.79 Å². The van der Waals surface area contributed by atoms with Gasteiger partial charge < -0.3 is 9.72 Å². The van der Waals surface area contributed by atoms with Crippen LogP contribution in [0.25, 0.3) is 5.69 Å². The Morgan fingerprint density at radius 1 is 1.18 bits per heavy atom. The maximum absolute atomic E-state index is 11.6. The predicted octanol–water partition coefficient (Wildman–Crippen LogP) is 2.38. The smallest absolute Gasteiger partial charge is 0.325 e. The summed E-state index contributed by atoms with van der Waals surface area (Å²) < 4.78 is 7.28. The summed E-state index contributed by atoms with van der Waals surface area (Å²) in [4.78, 5) is 28.0. The second-order valence-corrected chi connectivity index (χ2v) is 7.82. The molecule has 2 N–H and O–H groups in total. The minimum absolute atomic E-state index is 0.272. The molecule has 0 bridgehead atoms. The molecule has 0 spiro atoms. The van der Waals surface area contributed by atoms with Gasteiger partial charge in [-0.2, -0.15) is 0 Å². The minimum atomic E-state index is -0.540. The molecule has 0 saturated heterocycles. The molecule has 8 nitrogen and oxygen atoms in total. The highest BCUT2D eigenvalue weighted by atomic mass is 32.2. The molecular formula is C19H23N5O3S. The molecule has 0 unspecified atom stereocenters. The summed E-state index contributed by atoms with van der Waals surface area (Å²) >= 11 is 1.63. The highest BCUT2D eigenvalue weighted by molar-refractivity contribution is 7.99. The van der Waals surface area contributed by atoms with Gasteiger partial charge in [0.15, 0.2) is 5.16 Å². The zero-order valence-corrected chi connectivity index (χ0v) is 16.9. The fraction of sp³-hybridized carbons (Fsp3) is 0.368. The molecule has 3 aromatic rings. The fourth-order valence-electron chi connectivity index (χ4n) is 2.69. The lowest BCUT2D eigenvalue weighted by atomic mass is 10.2. The highest BCUT2D eigenvalue weighted by Crippen LogP contribution is 2.26. The van der Waals surface area contributed by atoms with E-state index in [1.807, 2.05) is 28.8 Å². The molecule has 9 heteroatoms. The van der Waals surface area contributed by atoms with E-state index in [1.54, 1.807) is 18.9 Å². The Balaban J connectivity index is 2.00. The Hall–Kier alpha value is -2.81. The number of nitrogens with zero attached hydrogens (tertiary/aromatic N) is 3. The Kier molecular flexibility index (Phi) is 6.35. The van der Waals surface area contributed by atoms with Gasteiger partial charge in [-0.1, -0.05) is 31.7 Å². The van der Waals surface area contributed by atoms with Crippen molar-refractivity contribution in [1.29, 1.82) is 0 Å². The molecule has 0 amide bonds. The van der Waals surface area contributed by atoms with Crippen molar-refractivity contribution < 1.29 is 4.74 Å². The molecule has 0 saturated carbocycles. The number of aromatic amines is 2. The van der Waals surface area contributed by atoms with Crippen LogP contribution < -0.4 is 16.0 Å². The number of nitrogens with one attached hydrogen (secondary N) is 2. The SMILES string of the molecule is COc1cccc(-n2c(Cc3cc(=O)[nH]c(=O)[nH]3)nnc2SCCC(C)C)c1. The van der Waals surface area contributed by atoms with E-state index in [0.29, 0.717) is 17.4 Å². The van der Waals surface area contributed by atoms with Crippen LogP contribution in [0.3, 0.4) is 0 Å². The van der Waals surface area contributed by atoms with Crippen LogP contribution in [0.5, 0.6) is 5.75 Å². The number of thioether (sulfide) groups is 1.